The summed E-state index contributed by atoms with van der Waals surface area (Å²) in [6.45, 7) is 2.61. The van der Waals surface area contributed by atoms with E-state index < -0.39 is 5.76 Å². The zero-order valence-corrected chi connectivity index (χ0v) is 11.3. The third kappa shape index (κ3) is 3.96. The normalized spacial score (nSPS) is 10.9. The molecule has 1 heterocycles. The Morgan fingerprint density at radius 1 is 1.33 bits per heavy atom. The molecule has 0 atom stereocenters. The van der Waals surface area contributed by atoms with Gasteiger partial charge in [0, 0.05) is 16.0 Å². The van der Waals surface area contributed by atoms with E-state index in [-0.39, 0.29) is 0 Å². The molecule has 0 fully saturated rings. The highest BCUT2D eigenvalue weighted by Gasteiger charge is 2.04. The number of hydrogen-bond donors (Lipinski definition) is 1. The van der Waals surface area contributed by atoms with Gasteiger partial charge >= 0.3 is 0 Å². The first-order valence-electron chi connectivity index (χ1n) is 5.33. The number of aromatic nitrogens is 1. The number of hydrogen-bond acceptors (Lipinski definition) is 4. The van der Waals surface area contributed by atoms with E-state index in [1.807, 2.05) is 12.3 Å². The second-order valence-corrected chi connectivity index (χ2v) is 5.74. The van der Waals surface area contributed by atoms with E-state index in [2.05, 4.69) is 10.3 Å². The molecule has 0 saturated carbocycles. The van der Waals surface area contributed by atoms with Crippen molar-refractivity contribution in [2.75, 3.05) is 5.32 Å². The van der Waals surface area contributed by atoms with Crippen molar-refractivity contribution < 1.29 is 8.78 Å². The fourth-order valence-electron chi connectivity index (χ4n) is 1.44. The second kappa shape index (κ2) is 6.15. The van der Waals surface area contributed by atoms with Crippen LogP contribution in [-0.4, -0.2) is 10.7 Å². The average molecular weight is 286 g/mol. The van der Waals surface area contributed by atoms with Crippen LogP contribution in [0.4, 0.5) is 14.5 Å². The molecule has 0 saturated heterocycles. The molecule has 2 nitrogen and oxygen atoms in total. The van der Waals surface area contributed by atoms with Crippen LogP contribution >= 0.6 is 23.1 Å². The molecule has 18 heavy (non-hydrogen) atoms. The molecule has 1 aromatic carbocycles. The van der Waals surface area contributed by atoms with Gasteiger partial charge in [-0.25, -0.2) is 4.98 Å². The number of thiazole rings is 1. The first kappa shape index (κ1) is 13.3. The lowest BCUT2D eigenvalue weighted by Crippen LogP contribution is -1.99. The van der Waals surface area contributed by atoms with Crippen LogP contribution in [0.5, 0.6) is 0 Å². The van der Waals surface area contributed by atoms with Gasteiger partial charge in [-0.2, -0.15) is 8.78 Å². The first-order chi connectivity index (χ1) is 8.63. The fourth-order valence-corrected chi connectivity index (χ4v) is 2.55. The van der Waals surface area contributed by atoms with Gasteiger partial charge in [-0.15, -0.1) is 11.3 Å². The van der Waals surface area contributed by atoms with E-state index >= 15 is 0 Å². The summed E-state index contributed by atoms with van der Waals surface area (Å²) >= 11 is 2.16. The molecule has 0 aliphatic carbocycles. The summed E-state index contributed by atoms with van der Waals surface area (Å²) in [5, 5.41) is 6.24. The molecule has 0 spiro atoms. The van der Waals surface area contributed by atoms with E-state index in [0.717, 1.165) is 16.4 Å². The lowest BCUT2D eigenvalue weighted by molar-refractivity contribution is 0.252. The average Bonchev–Trinajstić information content (AvgIpc) is 2.74. The third-order valence-corrected chi connectivity index (χ3v) is 3.76. The number of aryl methyl sites for hydroxylation is 1. The van der Waals surface area contributed by atoms with Crippen LogP contribution < -0.4 is 5.32 Å². The highest BCUT2D eigenvalue weighted by atomic mass is 32.2. The summed E-state index contributed by atoms with van der Waals surface area (Å²) < 4.78 is 24.3. The van der Waals surface area contributed by atoms with E-state index in [4.69, 9.17) is 0 Å². The molecule has 1 N–H and O–H groups in total. The molecule has 2 rings (SSSR count). The molecule has 0 radical (unpaired) electrons. The smallest absolute Gasteiger partial charge is 0.288 e. The zero-order valence-electron chi connectivity index (χ0n) is 9.69. The summed E-state index contributed by atoms with van der Waals surface area (Å²) in [6.07, 6.45) is 0. The number of alkyl halides is 2. The third-order valence-electron chi connectivity index (χ3n) is 2.22. The molecule has 1 aromatic heterocycles. The maximum Gasteiger partial charge on any atom is 0.288 e. The maximum atomic E-state index is 12.1. The van der Waals surface area contributed by atoms with Crippen molar-refractivity contribution in [3.63, 3.8) is 0 Å². The highest BCUT2D eigenvalue weighted by molar-refractivity contribution is 7.99. The summed E-state index contributed by atoms with van der Waals surface area (Å²) in [5.41, 5.74) is 1.89. The van der Waals surface area contributed by atoms with E-state index in [9.17, 15) is 8.78 Å². The standard InChI is InChI=1S/C12H12F2N2S2/c1-8-16-10(7-17-8)6-15-9-2-4-11(5-3-9)18-12(13)14/h2-5,7,12,15H,6H2,1H3. The number of halogens is 2. The van der Waals surface area contributed by atoms with Crippen molar-refractivity contribution in [1.82, 2.24) is 4.98 Å². The fraction of sp³-hybridized carbons (Fsp3) is 0.250. The minimum absolute atomic E-state index is 0.553. The van der Waals surface area contributed by atoms with Gasteiger partial charge in [-0.05, 0) is 31.2 Å². The van der Waals surface area contributed by atoms with Crippen LogP contribution in [0.15, 0.2) is 34.5 Å². The number of anilines is 1. The quantitative estimate of drug-likeness (QED) is 0.826. The minimum Gasteiger partial charge on any atom is -0.379 e. The zero-order chi connectivity index (χ0) is 13.0. The van der Waals surface area contributed by atoms with Gasteiger partial charge < -0.3 is 5.32 Å². The molecular formula is C12H12F2N2S2. The van der Waals surface area contributed by atoms with Crippen LogP contribution in [0, 0.1) is 6.92 Å². The van der Waals surface area contributed by atoms with Gasteiger partial charge in [0.25, 0.3) is 5.76 Å². The predicted octanol–water partition coefficient (Wildman–Crippen LogP) is 4.38. The molecular weight excluding hydrogens is 274 g/mol. The number of nitrogens with one attached hydrogen (secondary N) is 1. The van der Waals surface area contributed by atoms with Gasteiger partial charge in [-0.3, -0.25) is 0 Å². The van der Waals surface area contributed by atoms with Crippen molar-refractivity contribution in [3.8, 4) is 0 Å². The molecule has 0 amide bonds. The van der Waals surface area contributed by atoms with Crippen LogP contribution in [0.1, 0.15) is 10.7 Å². The lowest BCUT2D eigenvalue weighted by Gasteiger charge is -2.05. The van der Waals surface area contributed by atoms with E-state index in [0.29, 0.717) is 23.2 Å². The van der Waals surface area contributed by atoms with Crippen molar-refractivity contribution in [1.29, 1.82) is 0 Å². The number of nitrogens with zero attached hydrogens (tertiary/aromatic N) is 1. The Kier molecular flexibility index (Phi) is 4.54. The summed E-state index contributed by atoms with van der Waals surface area (Å²) in [5.74, 6) is -2.37. The molecule has 6 heteroatoms. The second-order valence-electron chi connectivity index (χ2n) is 3.61. The molecule has 0 unspecified atom stereocenters. The van der Waals surface area contributed by atoms with Crippen LogP contribution in [0.2, 0.25) is 0 Å². The van der Waals surface area contributed by atoms with Gasteiger partial charge in [0.05, 0.1) is 17.2 Å². The van der Waals surface area contributed by atoms with Crippen molar-refractivity contribution in [3.05, 3.63) is 40.3 Å². The monoisotopic (exact) mass is 286 g/mol. The van der Waals surface area contributed by atoms with E-state index in [1.54, 1.807) is 35.6 Å². The Hall–Kier alpha value is -1.14. The maximum absolute atomic E-state index is 12.1. The van der Waals surface area contributed by atoms with Crippen molar-refractivity contribution in [2.24, 2.45) is 0 Å². The van der Waals surface area contributed by atoms with Crippen LogP contribution in [0.3, 0.4) is 0 Å². The summed E-state index contributed by atoms with van der Waals surface area (Å²) in [7, 11) is 0. The molecule has 0 bridgehead atoms. The SMILES string of the molecule is Cc1nc(CNc2ccc(SC(F)F)cc2)cs1. The first-order valence-corrected chi connectivity index (χ1v) is 7.09. The minimum atomic E-state index is -2.37. The molecule has 2 aromatic rings. The molecule has 96 valence electrons. The topological polar surface area (TPSA) is 24.9 Å². The van der Waals surface area contributed by atoms with E-state index in [1.165, 1.54) is 0 Å². The predicted molar refractivity (Wildman–Crippen MR) is 72.5 cm³/mol. The highest BCUT2D eigenvalue weighted by Crippen LogP contribution is 2.26. The summed E-state index contributed by atoms with van der Waals surface area (Å²) in [4.78, 5) is 4.90. The Labute approximate surface area is 112 Å². The number of thioether (sulfide) groups is 1. The largest absolute Gasteiger partial charge is 0.379 e. The van der Waals surface area contributed by atoms with Crippen LogP contribution in [-0.2, 0) is 6.54 Å². The molecule has 0 aliphatic rings. The Morgan fingerprint density at radius 3 is 2.61 bits per heavy atom. The van der Waals surface area contributed by atoms with Gasteiger partial charge in [0.15, 0.2) is 0 Å². The van der Waals surface area contributed by atoms with Gasteiger partial charge in [0.2, 0.25) is 0 Å². The lowest BCUT2D eigenvalue weighted by atomic mass is 10.3. The Balaban J connectivity index is 1.90. The Morgan fingerprint density at radius 2 is 2.06 bits per heavy atom. The van der Waals surface area contributed by atoms with Crippen LogP contribution in [0.25, 0.3) is 0 Å². The summed E-state index contributed by atoms with van der Waals surface area (Å²) in [6, 6.07) is 6.96. The number of benzene rings is 1. The Bertz CT molecular complexity index is 497. The van der Waals surface area contributed by atoms with Gasteiger partial charge in [-0.1, -0.05) is 11.8 Å². The molecule has 0 aliphatic heterocycles. The van der Waals surface area contributed by atoms with Gasteiger partial charge in [0.1, 0.15) is 0 Å². The van der Waals surface area contributed by atoms with Crippen molar-refractivity contribution in [2.45, 2.75) is 24.1 Å². The van der Waals surface area contributed by atoms with Crippen molar-refractivity contribution >= 4 is 28.8 Å². The number of rotatable bonds is 5.